The topological polar surface area (TPSA) is 162 Å². The summed E-state index contributed by atoms with van der Waals surface area (Å²) >= 11 is 0. The molecule has 0 aliphatic rings. The molecule has 182 valence electrons. The molecule has 1 aromatic heterocycles. The van der Waals surface area contributed by atoms with Gasteiger partial charge in [-0.3, -0.25) is 14.9 Å². The van der Waals surface area contributed by atoms with Gasteiger partial charge in [-0.15, -0.1) is 15.0 Å². The number of carbonyl (C=O) groups is 3. The summed E-state index contributed by atoms with van der Waals surface area (Å²) in [4.78, 5) is 49.6. The molecule has 0 spiro atoms. The number of rotatable bonds is 10. The molecule has 0 amide bonds. The van der Waals surface area contributed by atoms with Crippen LogP contribution in [-0.2, 0) is 16.2 Å². The Hall–Kier alpha value is -4.81. The number of hydrogen-bond donors (Lipinski definition) is 0. The highest BCUT2D eigenvalue weighted by atomic mass is 16.6. The van der Waals surface area contributed by atoms with Crippen LogP contribution in [-0.4, -0.2) is 58.5 Å². The number of hydrogen-bond acceptors (Lipinski definition) is 11. The maximum absolute atomic E-state index is 13.3. The fourth-order valence-corrected chi connectivity index (χ4v) is 3.00. The van der Waals surface area contributed by atoms with E-state index >= 15 is 0 Å². The third-order valence-electron chi connectivity index (χ3n) is 4.60. The van der Waals surface area contributed by atoms with Crippen molar-refractivity contribution >= 4 is 23.4 Å². The molecule has 3 aromatic rings. The zero-order valence-corrected chi connectivity index (χ0v) is 18.9. The monoisotopic (exact) mass is 484 g/mol. The van der Waals surface area contributed by atoms with Gasteiger partial charge in [0.15, 0.2) is 17.2 Å². The molecule has 13 nitrogen and oxygen atoms in total. The molecule has 3 rings (SSSR count). The van der Waals surface area contributed by atoms with Crippen molar-refractivity contribution in [3.05, 3.63) is 75.1 Å². The fourth-order valence-electron chi connectivity index (χ4n) is 3.00. The third-order valence-corrected chi connectivity index (χ3v) is 4.60. The van der Waals surface area contributed by atoms with Gasteiger partial charge in [0, 0.05) is 6.07 Å². The predicted octanol–water partition coefficient (Wildman–Crippen LogP) is 2.43. The number of nitrogens with zero attached hydrogens (tertiary/aromatic N) is 4. The molecule has 13 heteroatoms. The molecule has 0 unspecified atom stereocenters. The number of ether oxygens (including phenoxy) is 4. The molecule has 0 radical (unpaired) electrons. The van der Waals surface area contributed by atoms with E-state index in [1.807, 2.05) is 0 Å². The van der Waals surface area contributed by atoms with E-state index in [1.165, 1.54) is 26.4 Å². The Balaban J connectivity index is 2.00. The third kappa shape index (κ3) is 5.40. The van der Waals surface area contributed by atoms with E-state index in [0.717, 1.165) is 16.9 Å². The van der Waals surface area contributed by atoms with Crippen molar-refractivity contribution in [2.75, 3.05) is 20.8 Å². The lowest BCUT2D eigenvalue weighted by atomic mass is 10.0. The summed E-state index contributed by atoms with van der Waals surface area (Å²) in [5.74, 6) is -2.61. The van der Waals surface area contributed by atoms with Crippen molar-refractivity contribution in [3.63, 3.8) is 0 Å². The lowest BCUT2D eigenvalue weighted by molar-refractivity contribution is -0.385. The average Bonchev–Trinajstić information content (AvgIpc) is 3.31. The van der Waals surface area contributed by atoms with Gasteiger partial charge in [0.2, 0.25) is 18.2 Å². The standard InChI is InChI=1S/C22H20N4O9/c1-4-34-22(29)19-18(23-25(24-19)12-35-21(28)13-8-6-5-7-9-13)20(27)14-10-16(32-2)17(33-3)11-15(14)26(30)31/h5-11H,4,12H2,1-3H3. The molecule has 0 saturated heterocycles. The number of nitro groups is 1. The van der Waals surface area contributed by atoms with Crippen LogP contribution >= 0.6 is 0 Å². The normalized spacial score (nSPS) is 10.4. The second-order valence-electron chi connectivity index (χ2n) is 6.73. The lowest BCUT2D eigenvalue weighted by Crippen LogP contribution is -2.14. The van der Waals surface area contributed by atoms with Gasteiger partial charge < -0.3 is 18.9 Å². The number of aromatic nitrogens is 3. The summed E-state index contributed by atoms with van der Waals surface area (Å²) in [5.41, 5.74) is -1.80. The summed E-state index contributed by atoms with van der Waals surface area (Å²) in [5, 5.41) is 19.5. The number of nitro benzene ring substituents is 1. The van der Waals surface area contributed by atoms with Crippen LogP contribution in [0.1, 0.15) is 43.8 Å². The minimum Gasteiger partial charge on any atom is -0.493 e. The van der Waals surface area contributed by atoms with Gasteiger partial charge in [-0.1, -0.05) is 18.2 Å². The molecular formula is C22H20N4O9. The van der Waals surface area contributed by atoms with Gasteiger partial charge in [-0.2, -0.15) is 0 Å². The molecule has 35 heavy (non-hydrogen) atoms. The second-order valence-corrected chi connectivity index (χ2v) is 6.73. The van der Waals surface area contributed by atoms with Crippen molar-refractivity contribution in [1.29, 1.82) is 0 Å². The zero-order chi connectivity index (χ0) is 25.5. The SMILES string of the molecule is CCOC(=O)c1nn(COC(=O)c2ccccc2)nc1C(=O)c1cc(OC)c(OC)cc1[N+](=O)[O-]. The number of benzene rings is 2. The predicted molar refractivity (Wildman–Crippen MR) is 117 cm³/mol. The average molecular weight is 484 g/mol. The molecular weight excluding hydrogens is 464 g/mol. The first-order chi connectivity index (χ1) is 16.8. The Labute approximate surface area is 198 Å². The van der Waals surface area contributed by atoms with Crippen LogP contribution in [0.15, 0.2) is 42.5 Å². The van der Waals surface area contributed by atoms with Crippen molar-refractivity contribution in [2.24, 2.45) is 0 Å². The van der Waals surface area contributed by atoms with E-state index in [9.17, 15) is 24.5 Å². The van der Waals surface area contributed by atoms with E-state index in [4.69, 9.17) is 18.9 Å². The van der Waals surface area contributed by atoms with E-state index < -0.39 is 52.0 Å². The van der Waals surface area contributed by atoms with Crippen molar-refractivity contribution in [3.8, 4) is 11.5 Å². The molecule has 0 fully saturated rings. The van der Waals surface area contributed by atoms with Crippen LogP contribution in [0.5, 0.6) is 11.5 Å². The maximum atomic E-state index is 13.3. The molecule has 2 aromatic carbocycles. The number of carbonyl (C=O) groups excluding carboxylic acids is 3. The number of ketones is 1. The van der Waals surface area contributed by atoms with Gasteiger partial charge in [-0.25, -0.2) is 9.59 Å². The zero-order valence-electron chi connectivity index (χ0n) is 18.9. The summed E-state index contributed by atoms with van der Waals surface area (Å²) in [6, 6.07) is 10.2. The minimum atomic E-state index is -0.999. The highest BCUT2D eigenvalue weighted by molar-refractivity contribution is 6.14. The van der Waals surface area contributed by atoms with Gasteiger partial charge >= 0.3 is 11.9 Å². The fraction of sp³-hybridized carbons (Fsp3) is 0.227. The molecule has 1 heterocycles. The van der Waals surface area contributed by atoms with Crippen LogP contribution in [0.25, 0.3) is 0 Å². The van der Waals surface area contributed by atoms with Crippen molar-refractivity contribution in [1.82, 2.24) is 15.0 Å². The van der Waals surface area contributed by atoms with Crippen molar-refractivity contribution in [2.45, 2.75) is 13.7 Å². The van der Waals surface area contributed by atoms with E-state index in [2.05, 4.69) is 10.2 Å². The molecule has 0 atom stereocenters. The Kier molecular flexibility index (Phi) is 7.71. The Morgan fingerprint density at radius 3 is 2.17 bits per heavy atom. The molecule has 0 aliphatic heterocycles. The van der Waals surface area contributed by atoms with Gasteiger partial charge in [0.25, 0.3) is 5.69 Å². The van der Waals surface area contributed by atoms with Gasteiger partial charge in [-0.05, 0) is 19.1 Å². The van der Waals surface area contributed by atoms with E-state index in [1.54, 1.807) is 25.1 Å². The Morgan fingerprint density at radius 2 is 1.57 bits per heavy atom. The Bertz CT molecular complexity index is 1270. The van der Waals surface area contributed by atoms with E-state index in [0.29, 0.717) is 0 Å². The van der Waals surface area contributed by atoms with Gasteiger partial charge in [0.1, 0.15) is 5.56 Å². The van der Waals surface area contributed by atoms with Crippen LogP contribution < -0.4 is 9.47 Å². The first-order valence-electron chi connectivity index (χ1n) is 10.1. The summed E-state index contributed by atoms with van der Waals surface area (Å²) in [6.45, 7) is 0.977. The van der Waals surface area contributed by atoms with Crippen LogP contribution in [0.2, 0.25) is 0 Å². The van der Waals surface area contributed by atoms with E-state index in [-0.39, 0.29) is 23.7 Å². The number of esters is 2. The van der Waals surface area contributed by atoms with Crippen LogP contribution in [0.3, 0.4) is 0 Å². The highest BCUT2D eigenvalue weighted by Gasteiger charge is 2.32. The molecule has 0 bridgehead atoms. The quantitative estimate of drug-likeness (QED) is 0.180. The van der Waals surface area contributed by atoms with Crippen LogP contribution in [0.4, 0.5) is 5.69 Å². The first-order valence-corrected chi connectivity index (χ1v) is 10.1. The highest BCUT2D eigenvalue weighted by Crippen LogP contribution is 2.35. The van der Waals surface area contributed by atoms with Gasteiger partial charge in [0.05, 0.1) is 37.4 Å². The van der Waals surface area contributed by atoms with Crippen molar-refractivity contribution < 1.29 is 38.3 Å². The minimum absolute atomic E-state index is 0.0258. The summed E-state index contributed by atoms with van der Waals surface area (Å²) in [6.07, 6.45) is 0. The van der Waals surface area contributed by atoms with Crippen LogP contribution in [0, 0.1) is 10.1 Å². The molecule has 0 aliphatic carbocycles. The maximum Gasteiger partial charge on any atom is 0.361 e. The lowest BCUT2D eigenvalue weighted by Gasteiger charge is -2.09. The number of methoxy groups -OCH3 is 2. The Morgan fingerprint density at radius 1 is 0.943 bits per heavy atom. The summed E-state index contributed by atoms with van der Waals surface area (Å²) in [7, 11) is 2.57. The molecule has 0 N–H and O–H groups in total. The first kappa shape index (κ1) is 24.8. The smallest absolute Gasteiger partial charge is 0.361 e. The molecule has 0 saturated carbocycles. The second kappa shape index (κ2) is 10.9. The summed E-state index contributed by atoms with van der Waals surface area (Å²) < 4.78 is 20.3. The largest absolute Gasteiger partial charge is 0.493 e.